The van der Waals surface area contributed by atoms with Crippen molar-refractivity contribution in [3.8, 4) is 0 Å². The number of rotatable bonds is 12. The van der Waals surface area contributed by atoms with Crippen molar-refractivity contribution in [2.24, 2.45) is 23.7 Å². The molecule has 2 aliphatic rings. The standard InChI is InChI=1S/C24H43NO/c1-5-6-11-19(2)12-10-14-22-23-17-20(16-21(23)18-24(22)26)13-8-7-9-15-25(3)4/h10,14,16,19,21-24,26H,5-9,11-13,15,17-18H2,1-4H3/t19-,21+,22-,23+,24-/m1/s1. The summed E-state index contributed by atoms with van der Waals surface area (Å²) in [6, 6.07) is 0. The molecular formula is C24H43NO. The first-order valence-corrected chi connectivity index (χ1v) is 11.2. The molecule has 0 aromatic rings. The van der Waals surface area contributed by atoms with Crippen LogP contribution in [0.3, 0.4) is 0 Å². The van der Waals surface area contributed by atoms with Crippen molar-refractivity contribution in [3.05, 3.63) is 23.8 Å². The first-order valence-electron chi connectivity index (χ1n) is 11.2. The van der Waals surface area contributed by atoms with Crippen LogP contribution in [0.5, 0.6) is 0 Å². The molecule has 0 aliphatic heterocycles. The van der Waals surface area contributed by atoms with E-state index < -0.39 is 0 Å². The average Bonchev–Trinajstić information content (AvgIpc) is 3.10. The van der Waals surface area contributed by atoms with Crippen LogP contribution in [0.1, 0.15) is 78.1 Å². The number of fused-ring (bicyclic) bond motifs is 1. The topological polar surface area (TPSA) is 23.5 Å². The Balaban J connectivity index is 1.72. The normalized spacial score (nSPS) is 29.5. The van der Waals surface area contributed by atoms with Crippen LogP contribution in [0.4, 0.5) is 0 Å². The second kappa shape index (κ2) is 11.3. The Kier molecular flexibility index (Phi) is 9.42. The molecule has 0 spiro atoms. The van der Waals surface area contributed by atoms with E-state index in [2.05, 4.69) is 51.1 Å². The Morgan fingerprint density at radius 3 is 2.77 bits per heavy atom. The van der Waals surface area contributed by atoms with Crippen molar-refractivity contribution in [1.29, 1.82) is 0 Å². The first-order chi connectivity index (χ1) is 12.5. The van der Waals surface area contributed by atoms with E-state index in [1.54, 1.807) is 5.57 Å². The monoisotopic (exact) mass is 361 g/mol. The molecule has 150 valence electrons. The minimum Gasteiger partial charge on any atom is -0.392 e. The smallest absolute Gasteiger partial charge is 0.0611 e. The molecule has 5 atom stereocenters. The van der Waals surface area contributed by atoms with Gasteiger partial charge in [-0.15, -0.1) is 0 Å². The molecule has 2 heteroatoms. The molecule has 0 bridgehead atoms. The minimum absolute atomic E-state index is 0.120. The van der Waals surface area contributed by atoms with Gasteiger partial charge in [-0.3, -0.25) is 0 Å². The van der Waals surface area contributed by atoms with Crippen molar-refractivity contribution >= 4 is 0 Å². The van der Waals surface area contributed by atoms with Gasteiger partial charge in [0, 0.05) is 5.92 Å². The first kappa shape index (κ1) is 21.7. The Morgan fingerprint density at radius 1 is 1.23 bits per heavy atom. The van der Waals surface area contributed by atoms with Gasteiger partial charge in [-0.05, 0) is 76.9 Å². The van der Waals surface area contributed by atoms with Crippen LogP contribution in [-0.4, -0.2) is 36.8 Å². The summed E-state index contributed by atoms with van der Waals surface area (Å²) in [5, 5.41) is 10.5. The summed E-state index contributed by atoms with van der Waals surface area (Å²) in [4.78, 5) is 2.28. The van der Waals surface area contributed by atoms with E-state index in [1.165, 1.54) is 64.3 Å². The van der Waals surface area contributed by atoms with E-state index >= 15 is 0 Å². The zero-order chi connectivity index (χ0) is 18.9. The van der Waals surface area contributed by atoms with Gasteiger partial charge in [-0.25, -0.2) is 0 Å². The third-order valence-corrected chi connectivity index (χ3v) is 6.50. The molecule has 0 radical (unpaired) electrons. The molecule has 0 saturated heterocycles. The molecule has 2 rings (SSSR count). The summed E-state index contributed by atoms with van der Waals surface area (Å²) in [6.45, 7) is 5.84. The second-order valence-electron chi connectivity index (χ2n) is 9.26. The van der Waals surface area contributed by atoms with Gasteiger partial charge in [0.25, 0.3) is 0 Å². The van der Waals surface area contributed by atoms with Gasteiger partial charge < -0.3 is 10.0 Å². The minimum atomic E-state index is -0.120. The van der Waals surface area contributed by atoms with Gasteiger partial charge >= 0.3 is 0 Å². The fourth-order valence-electron chi connectivity index (χ4n) is 4.89. The Hall–Kier alpha value is -0.600. The summed E-state index contributed by atoms with van der Waals surface area (Å²) in [6.07, 6.45) is 19.8. The number of hydrogen-bond acceptors (Lipinski definition) is 2. The quantitative estimate of drug-likeness (QED) is 0.349. The van der Waals surface area contributed by atoms with Gasteiger partial charge in [0.2, 0.25) is 0 Å². The lowest BCUT2D eigenvalue weighted by atomic mass is 9.88. The fourth-order valence-corrected chi connectivity index (χ4v) is 4.89. The SMILES string of the molecule is CCCC[C@@H](C)CC=C[C@@H]1[C@H]2CC(CCCCCN(C)C)=C[C@H]2C[C@H]1O. The molecule has 2 nitrogen and oxygen atoms in total. The maximum absolute atomic E-state index is 10.5. The molecule has 26 heavy (non-hydrogen) atoms. The van der Waals surface area contributed by atoms with Crippen LogP contribution in [0.25, 0.3) is 0 Å². The van der Waals surface area contributed by atoms with Crippen LogP contribution in [0.2, 0.25) is 0 Å². The van der Waals surface area contributed by atoms with Crippen LogP contribution in [-0.2, 0) is 0 Å². The van der Waals surface area contributed by atoms with E-state index in [9.17, 15) is 5.11 Å². The van der Waals surface area contributed by atoms with Crippen LogP contribution in [0, 0.1) is 23.7 Å². The molecule has 1 fully saturated rings. The van der Waals surface area contributed by atoms with Crippen molar-refractivity contribution in [3.63, 3.8) is 0 Å². The Labute approximate surface area is 162 Å². The van der Waals surface area contributed by atoms with Crippen LogP contribution in [0.15, 0.2) is 23.8 Å². The third kappa shape index (κ3) is 6.85. The maximum Gasteiger partial charge on any atom is 0.0611 e. The van der Waals surface area contributed by atoms with Crippen LogP contribution >= 0.6 is 0 Å². The number of allylic oxidation sites excluding steroid dienone is 3. The fraction of sp³-hybridized carbons (Fsp3) is 0.833. The number of hydrogen-bond donors (Lipinski definition) is 1. The molecule has 2 aliphatic carbocycles. The van der Waals surface area contributed by atoms with E-state index in [0.717, 1.165) is 12.3 Å². The van der Waals surface area contributed by atoms with Gasteiger partial charge in [0.1, 0.15) is 0 Å². The van der Waals surface area contributed by atoms with E-state index in [0.29, 0.717) is 17.8 Å². The highest BCUT2D eigenvalue weighted by Crippen LogP contribution is 2.48. The lowest BCUT2D eigenvalue weighted by molar-refractivity contribution is 0.141. The van der Waals surface area contributed by atoms with Gasteiger partial charge in [0.05, 0.1) is 6.10 Å². The molecule has 0 aromatic heterocycles. The lowest BCUT2D eigenvalue weighted by Crippen LogP contribution is -2.17. The molecule has 0 heterocycles. The number of nitrogens with zero attached hydrogens (tertiary/aromatic N) is 1. The van der Waals surface area contributed by atoms with Crippen molar-refractivity contribution in [2.45, 2.75) is 84.2 Å². The molecule has 0 aromatic carbocycles. The maximum atomic E-state index is 10.5. The van der Waals surface area contributed by atoms with E-state index in [1.807, 2.05) is 0 Å². The summed E-state index contributed by atoms with van der Waals surface area (Å²) in [5.41, 5.74) is 1.67. The van der Waals surface area contributed by atoms with Crippen molar-refractivity contribution < 1.29 is 5.11 Å². The predicted molar refractivity (Wildman–Crippen MR) is 113 cm³/mol. The zero-order valence-corrected chi connectivity index (χ0v) is 17.8. The van der Waals surface area contributed by atoms with Gasteiger partial charge in [-0.1, -0.05) is 63.3 Å². The predicted octanol–water partition coefficient (Wildman–Crippen LogP) is 5.82. The summed E-state index contributed by atoms with van der Waals surface area (Å²) in [7, 11) is 4.31. The van der Waals surface area contributed by atoms with E-state index in [4.69, 9.17) is 0 Å². The van der Waals surface area contributed by atoms with E-state index in [-0.39, 0.29) is 6.10 Å². The van der Waals surface area contributed by atoms with Crippen molar-refractivity contribution in [2.75, 3.05) is 20.6 Å². The summed E-state index contributed by atoms with van der Waals surface area (Å²) < 4.78 is 0. The number of aliphatic hydroxyl groups excluding tert-OH is 1. The highest BCUT2D eigenvalue weighted by atomic mass is 16.3. The molecule has 1 N–H and O–H groups in total. The molecule has 0 unspecified atom stereocenters. The third-order valence-electron chi connectivity index (χ3n) is 6.50. The molecule has 1 saturated carbocycles. The average molecular weight is 362 g/mol. The highest BCUT2D eigenvalue weighted by Gasteiger charge is 2.43. The highest BCUT2D eigenvalue weighted by molar-refractivity contribution is 5.20. The largest absolute Gasteiger partial charge is 0.392 e. The Bertz CT molecular complexity index is 453. The van der Waals surface area contributed by atoms with Gasteiger partial charge in [0.15, 0.2) is 0 Å². The summed E-state index contributed by atoms with van der Waals surface area (Å²) in [5.74, 6) is 2.47. The van der Waals surface area contributed by atoms with Crippen molar-refractivity contribution in [1.82, 2.24) is 4.90 Å². The number of unbranched alkanes of at least 4 members (excludes halogenated alkanes) is 3. The second-order valence-corrected chi connectivity index (χ2v) is 9.26. The lowest BCUT2D eigenvalue weighted by Gasteiger charge is -2.18. The molecular weight excluding hydrogens is 318 g/mol. The summed E-state index contributed by atoms with van der Waals surface area (Å²) >= 11 is 0. The zero-order valence-electron chi connectivity index (χ0n) is 17.8. The number of aliphatic hydroxyl groups is 1. The van der Waals surface area contributed by atoms with Gasteiger partial charge in [-0.2, -0.15) is 0 Å². The molecule has 0 amide bonds. The Morgan fingerprint density at radius 2 is 2.04 bits per heavy atom. The van der Waals surface area contributed by atoms with Crippen LogP contribution < -0.4 is 0 Å².